The predicted octanol–water partition coefficient (Wildman–Crippen LogP) is 4.35. The lowest BCUT2D eigenvalue weighted by molar-refractivity contribution is 0.350. The molecule has 5 heteroatoms. The molecule has 0 aliphatic heterocycles. The highest BCUT2D eigenvalue weighted by Crippen LogP contribution is 2.36. The van der Waals surface area contributed by atoms with E-state index in [0.29, 0.717) is 33.8 Å². The summed E-state index contributed by atoms with van der Waals surface area (Å²) < 4.78 is 22.3. The Balaban J connectivity index is 2.29. The fourth-order valence-corrected chi connectivity index (χ4v) is 2.72. The summed E-state index contributed by atoms with van der Waals surface area (Å²) in [4.78, 5) is 12.9. The molecule has 0 saturated carbocycles. The summed E-state index contributed by atoms with van der Waals surface area (Å²) in [5.41, 5.74) is 1.93. The first-order valence-electron chi connectivity index (χ1n) is 8.12. The molecule has 5 nitrogen and oxygen atoms in total. The fourth-order valence-electron chi connectivity index (χ4n) is 2.72. The molecule has 3 rings (SSSR count). The van der Waals surface area contributed by atoms with Gasteiger partial charge in [0.05, 0.1) is 19.6 Å². The first-order chi connectivity index (χ1) is 12.6. The van der Waals surface area contributed by atoms with Gasteiger partial charge < -0.3 is 18.6 Å². The molecule has 0 fully saturated rings. The quantitative estimate of drug-likeness (QED) is 0.617. The topological polar surface area (TPSA) is 57.9 Å². The van der Waals surface area contributed by atoms with Gasteiger partial charge in [0.15, 0.2) is 17.3 Å². The van der Waals surface area contributed by atoms with E-state index in [-0.39, 0.29) is 17.8 Å². The molecule has 0 N–H and O–H groups in total. The third kappa shape index (κ3) is 3.16. The number of methoxy groups -OCH3 is 2. The summed E-state index contributed by atoms with van der Waals surface area (Å²) in [7, 11) is 3.12. The van der Waals surface area contributed by atoms with Gasteiger partial charge in [0.25, 0.3) is 0 Å². The molecule has 0 amide bonds. The number of ether oxygens (including phenoxy) is 3. The van der Waals surface area contributed by atoms with Crippen LogP contribution in [0.2, 0.25) is 0 Å². The van der Waals surface area contributed by atoms with Crippen molar-refractivity contribution in [3.8, 4) is 28.6 Å². The van der Waals surface area contributed by atoms with Gasteiger partial charge in [0.2, 0.25) is 11.2 Å². The molecule has 0 aliphatic carbocycles. The summed E-state index contributed by atoms with van der Waals surface area (Å²) in [5, 5.41) is 0.471. The van der Waals surface area contributed by atoms with E-state index in [4.69, 9.17) is 18.6 Å². The standard InChI is InChI=1S/C21H20O5/c1-5-10-25-21-19(22)15-8-6-13(2)11-17(15)26-20(21)14-7-9-16(23-3)18(12-14)24-4/h5-9,11-12H,1,10H2,2-4H3. The van der Waals surface area contributed by atoms with Crippen LogP contribution >= 0.6 is 0 Å². The Morgan fingerprint density at radius 3 is 2.54 bits per heavy atom. The Hall–Kier alpha value is -3.21. The maximum Gasteiger partial charge on any atom is 0.235 e. The second-order valence-electron chi connectivity index (χ2n) is 5.76. The van der Waals surface area contributed by atoms with E-state index in [0.717, 1.165) is 5.56 Å². The minimum atomic E-state index is -0.224. The molecule has 0 spiro atoms. The zero-order valence-corrected chi connectivity index (χ0v) is 15.0. The Kier molecular flexibility index (Phi) is 4.98. The maximum atomic E-state index is 12.9. The molecule has 0 unspecified atom stereocenters. The number of benzene rings is 2. The summed E-state index contributed by atoms with van der Waals surface area (Å²) in [6.45, 7) is 5.78. The smallest absolute Gasteiger partial charge is 0.235 e. The largest absolute Gasteiger partial charge is 0.493 e. The molecule has 1 aromatic heterocycles. The number of hydrogen-bond donors (Lipinski definition) is 0. The highest BCUT2D eigenvalue weighted by molar-refractivity contribution is 5.82. The zero-order valence-electron chi connectivity index (χ0n) is 15.0. The van der Waals surface area contributed by atoms with E-state index in [9.17, 15) is 4.79 Å². The lowest BCUT2D eigenvalue weighted by Gasteiger charge is -2.13. The Morgan fingerprint density at radius 2 is 1.85 bits per heavy atom. The molecule has 0 saturated heterocycles. The minimum Gasteiger partial charge on any atom is -0.493 e. The van der Waals surface area contributed by atoms with Crippen LogP contribution in [0.25, 0.3) is 22.3 Å². The van der Waals surface area contributed by atoms with Crippen molar-refractivity contribution in [2.75, 3.05) is 20.8 Å². The summed E-state index contributed by atoms with van der Waals surface area (Å²) in [6.07, 6.45) is 1.58. The molecule has 0 radical (unpaired) electrons. The maximum absolute atomic E-state index is 12.9. The van der Waals surface area contributed by atoms with Crippen LogP contribution in [0.4, 0.5) is 0 Å². The van der Waals surface area contributed by atoms with Crippen molar-refractivity contribution in [2.45, 2.75) is 6.92 Å². The van der Waals surface area contributed by atoms with Crippen LogP contribution in [0.5, 0.6) is 17.2 Å². The van der Waals surface area contributed by atoms with Crippen molar-refractivity contribution in [3.05, 3.63) is 64.8 Å². The molecule has 0 bridgehead atoms. The molecule has 0 atom stereocenters. The van der Waals surface area contributed by atoms with Crippen molar-refractivity contribution >= 4 is 11.0 Å². The van der Waals surface area contributed by atoms with E-state index >= 15 is 0 Å². The van der Waals surface area contributed by atoms with Crippen LogP contribution in [-0.2, 0) is 0 Å². The highest BCUT2D eigenvalue weighted by atomic mass is 16.5. The number of rotatable bonds is 6. The van der Waals surface area contributed by atoms with E-state index in [1.807, 2.05) is 19.1 Å². The van der Waals surface area contributed by atoms with Gasteiger partial charge in [-0.3, -0.25) is 4.79 Å². The molecule has 0 aliphatic rings. The first kappa shape index (κ1) is 17.6. The number of hydrogen-bond acceptors (Lipinski definition) is 5. The van der Waals surface area contributed by atoms with E-state index in [2.05, 4.69) is 6.58 Å². The monoisotopic (exact) mass is 352 g/mol. The van der Waals surface area contributed by atoms with Gasteiger partial charge in [0.1, 0.15) is 12.2 Å². The van der Waals surface area contributed by atoms with Crippen molar-refractivity contribution in [2.24, 2.45) is 0 Å². The van der Waals surface area contributed by atoms with Gasteiger partial charge in [-0.2, -0.15) is 0 Å². The molecular weight excluding hydrogens is 332 g/mol. The second-order valence-corrected chi connectivity index (χ2v) is 5.76. The fraction of sp³-hybridized carbons (Fsp3) is 0.190. The second kappa shape index (κ2) is 7.35. The van der Waals surface area contributed by atoms with Crippen LogP contribution in [0.15, 0.2) is 58.3 Å². The highest BCUT2D eigenvalue weighted by Gasteiger charge is 2.19. The zero-order chi connectivity index (χ0) is 18.7. The predicted molar refractivity (Wildman–Crippen MR) is 101 cm³/mol. The van der Waals surface area contributed by atoms with E-state index in [1.54, 1.807) is 44.6 Å². The number of aryl methyl sites for hydroxylation is 1. The normalized spacial score (nSPS) is 10.6. The Morgan fingerprint density at radius 1 is 1.08 bits per heavy atom. The summed E-state index contributed by atoms with van der Waals surface area (Å²) >= 11 is 0. The average Bonchev–Trinajstić information content (AvgIpc) is 2.66. The van der Waals surface area contributed by atoms with Gasteiger partial charge in [-0.15, -0.1) is 0 Å². The first-order valence-corrected chi connectivity index (χ1v) is 8.12. The third-order valence-corrected chi connectivity index (χ3v) is 4.00. The summed E-state index contributed by atoms with van der Waals surface area (Å²) in [6, 6.07) is 10.7. The van der Waals surface area contributed by atoms with Gasteiger partial charge in [-0.05, 0) is 42.8 Å². The van der Waals surface area contributed by atoms with Crippen molar-refractivity contribution in [3.63, 3.8) is 0 Å². The molecule has 1 heterocycles. The van der Waals surface area contributed by atoms with Crippen LogP contribution in [0.3, 0.4) is 0 Å². The molecule has 134 valence electrons. The minimum absolute atomic E-state index is 0.147. The van der Waals surface area contributed by atoms with Crippen molar-refractivity contribution < 1.29 is 18.6 Å². The van der Waals surface area contributed by atoms with E-state index in [1.165, 1.54) is 0 Å². The lowest BCUT2D eigenvalue weighted by atomic mass is 10.1. The van der Waals surface area contributed by atoms with Crippen molar-refractivity contribution in [1.29, 1.82) is 0 Å². The number of fused-ring (bicyclic) bond motifs is 1. The Bertz CT molecular complexity index is 1020. The molecule has 3 aromatic rings. The Labute approximate surface area is 151 Å². The van der Waals surface area contributed by atoms with Crippen molar-refractivity contribution in [1.82, 2.24) is 0 Å². The molecular formula is C21H20O5. The van der Waals surface area contributed by atoms with Gasteiger partial charge in [0, 0.05) is 5.56 Å². The SMILES string of the molecule is C=CCOc1c(-c2ccc(OC)c(OC)c2)oc2cc(C)ccc2c1=O. The summed E-state index contributed by atoms with van der Waals surface area (Å²) in [5.74, 6) is 1.61. The van der Waals surface area contributed by atoms with E-state index < -0.39 is 0 Å². The van der Waals surface area contributed by atoms with Gasteiger partial charge in [-0.1, -0.05) is 18.7 Å². The molecule has 2 aromatic carbocycles. The van der Waals surface area contributed by atoms with Crippen LogP contribution < -0.4 is 19.6 Å². The third-order valence-electron chi connectivity index (χ3n) is 4.00. The van der Waals surface area contributed by atoms with Gasteiger partial charge >= 0.3 is 0 Å². The van der Waals surface area contributed by atoms with Gasteiger partial charge in [-0.25, -0.2) is 0 Å². The van der Waals surface area contributed by atoms with Crippen LogP contribution in [0, 0.1) is 6.92 Å². The van der Waals surface area contributed by atoms with Crippen LogP contribution in [0.1, 0.15) is 5.56 Å². The lowest BCUT2D eigenvalue weighted by Crippen LogP contribution is -2.10. The average molecular weight is 352 g/mol. The molecule has 26 heavy (non-hydrogen) atoms. The van der Waals surface area contributed by atoms with Crippen LogP contribution in [-0.4, -0.2) is 20.8 Å².